The first-order valence-electron chi connectivity index (χ1n) is 7.10. The summed E-state index contributed by atoms with van der Waals surface area (Å²) in [5.41, 5.74) is 1.33. The van der Waals surface area contributed by atoms with Gasteiger partial charge in [-0.1, -0.05) is 45.9 Å². The fourth-order valence-corrected chi connectivity index (χ4v) is 1.98. The summed E-state index contributed by atoms with van der Waals surface area (Å²) in [4.78, 5) is 0. The lowest BCUT2D eigenvalue weighted by Crippen LogP contribution is -2.24. The van der Waals surface area contributed by atoms with Crippen LogP contribution in [0, 0.1) is 0 Å². The Morgan fingerprint density at radius 2 is 1.89 bits per heavy atom. The molecular weight excluding hydrogens is 222 g/mol. The molecule has 2 heteroatoms. The second-order valence-electron chi connectivity index (χ2n) is 5.18. The van der Waals surface area contributed by atoms with Crippen LogP contribution in [0.3, 0.4) is 0 Å². The van der Waals surface area contributed by atoms with Crippen molar-refractivity contribution < 1.29 is 4.74 Å². The first-order valence-corrected chi connectivity index (χ1v) is 7.10. The van der Waals surface area contributed by atoms with Crippen LogP contribution >= 0.6 is 0 Å². The summed E-state index contributed by atoms with van der Waals surface area (Å²) in [7, 11) is 0. The SMILES string of the molecule is CCCOc1ccccc1C(C)CCNC(C)C. The van der Waals surface area contributed by atoms with Crippen molar-refractivity contribution in [1.82, 2.24) is 5.32 Å². The lowest BCUT2D eigenvalue weighted by Gasteiger charge is -2.17. The van der Waals surface area contributed by atoms with E-state index in [-0.39, 0.29) is 0 Å². The lowest BCUT2D eigenvalue weighted by molar-refractivity contribution is 0.312. The maximum atomic E-state index is 5.81. The highest BCUT2D eigenvalue weighted by Crippen LogP contribution is 2.28. The molecule has 1 aromatic carbocycles. The number of hydrogen-bond acceptors (Lipinski definition) is 2. The molecule has 0 spiro atoms. The first kappa shape index (κ1) is 15.0. The Kier molecular flexibility index (Phi) is 6.81. The van der Waals surface area contributed by atoms with Crippen molar-refractivity contribution >= 4 is 0 Å². The van der Waals surface area contributed by atoms with Gasteiger partial charge in [-0.05, 0) is 36.9 Å². The van der Waals surface area contributed by atoms with Crippen molar-refractivity contribution in [2.24, 2.45) is 0 Å². The van der Waals surface area contributed by atoms with E-state index < -0.39 is 0 Å². The van der Waals surface area contributed by atoms with Crippen molar-refractivity contribution in [3.63, 3.8) is 0 Å². The van der Waals surface area contributed by atoms with Crippen LogP contribution in [-0.4, -0.2) is 19.2 Å². The molecule has 0 aliphatic rings. The van der Waals surface area contributed by atoms with Crippen LogP contribution in [0.15, 0.2) is 24.3 Å². The van der Waals surface area contributed by atoms with E-state index in [4.69, 9.17) is 4.74 Å². The summed E-state index contributed by atoms with van der Waals surface area (Å²) in [5, 5.41) is 3.47. The Bertz CT molecular complexity index is 336. The minimum atomic E-state index is 0.532. The Morgan fingerprint density at radius 3 is 2.56 bits per heavy atom. The zero-order chi connectivity index (χ0) is 13.4. The molecule has 18 heavy (non-hydrogen) atoms. The number of nitrogens with one attached hydrogen (secondary N) is 1. The molecule has 0 amide bonds. The van der Waals surface area contributed by atoms with Crippen molar-refractivity contribution in [2.75, 3.05) is 13.2 Å². The van der Waals surface area contributed by atoms with Gasteiger partial charge in [-0.15, -0.1) is 0 Å². The minimum absolute atomic E-state index is 0.532. The van der Waals surface area contributed by atoms with Crippen molar-refractivity contribution in [3.05, 3.63) is 29.8 Å². The fourth-order valence-electron chi connectivity index (χ4n) is 1.98. The maximum Gasteiger partial charge on any atom is 0.122 e. The van der Waals surface area contributed by atoms with E-state index in [9.17, 15) is 0 Å². The third-order valence-corrected chi connectivity index (χ3v) is 3.04. The molecule has 1 atom stereocenters. The van der Waals surface area contributed by atoms with Gasteiger partial charge in [0.15, 0.2) is 0 Å². The third kappa shape index (κ3) is 5.09. The van der Waals surface area contributed by atoms with E-state index in [1.54, 1.807) is 0 Å². The summed E-state index contributed by atoms with van der Waals surface area (Å²) in [6.45, 7) is 10.6. The highest BCUT2D eigenvalue weighted by Gasteiger charge is 2.11. The molecule has 0 aliphatic heterocycles. The molecule has 0 aromatic heterocycles. The van der Waals surface area contributed by atoms with Crippen LogP contribution in [0.25, 0.3) is 0 Å². The molecule has 0 radical (unpaired) electrons. The van der Waals surface area contributed by atoms with Crippen LogP contribution in [0.2, 0.25) is 0 Å². The van der Waals surface area contributed by atoms with Crippen molar-refractivity contribution in [2.45, 2.75) is 52.5 Å². The normalized spacial score (nSPS) is 12.7. The molecule has 0 saturated heterocycles. The van der Waals surface area contributed by atoms with Gasteiger partial charge in [0, 0.05) is 6.04 Å². The Morgan fingerprint density at radius 1 is 1.17 bits per heavy atom. The molecule has 1 N–H and O–H groups in total. The second-order valence-corrected chi connectivity index (χ2v) is 5.18. The van der Waals surface area contributed by atoms with Gasteiger partial charge in [0.05, 0.1) is 6.61 Å². The minimum Gasteiger partial charge on any atom is -0.493 e. The summed E-state index contributed by atoms with van der Waals surface area (Å²) in [6, 6.07) is 8.97. The number of hydrogen-bond donors (Lipinski definition) is 1. The number of ether oxygens (including phenoxy) is 1. The smallest absolute Gasteiger partial charge is 0.122 e. The topological polar surface area (TPSA) is 21.3 Å². The molecular formula is C16H27NO. The van der Waals surface area contributed by atoms with Crippen LogP contribution < -0.4 is 10.1 Å². The van der Waals surface area contributed by atoms with Crippen molar-refractivity contribution in [3.8, 4) is 5.75 Å². The predicted octanol–water partition coefficient (Wildman–Crippen LogP) is 3.97. The summed E-state index contributed by atoms with van der Waals surface area (Å²) in [5.74, 6) is 1.58. The van der Waals surface area contributed by atoms with E-state index in [1.165, 1.54) is 5.56 Å². The number of benzene rings is 1. The van der Waals surface area contributed by atoms with Gasteiger partial charge in [-0.25, -0.2) is 0 Å². The number of rotatable bonds is 8. The Hall–Kier alpha value is -1.02. The van der Waals surface area contributed by atoms with Crippen LogP contribution in [0.4, 0.5) is 0 Å². The molecule has 0 aliphatic carbocycles. The van der Waals surface area contributed by atoms with Crippen LogP contribution in [0.5, 0.6) is 5.75 Å². The van der Waals surface area contributed by atoms with E-state index in [0.717, 1.165) is 31.7 Å². The molecule has 2 nitrogen and oxygen atoms in total. The van der Waals surface area contributed by atoms with Gasteiger partial charge in [0.1, 0.15) is 5.75 Å². The van der Waals surface area contributed by atoms with Crippen LogP contribution in [0.1, 0.15) is 52.0 Å². The molecule has 1 unspecified atom stereocenters. The first-order chi connectivity index (χ1) is 8.65. The molecule has 0 fully saturated rings. The van der Waals surface area contributed by atoms with Gasteiger partial charge in [0.25, 0.3) is 0 Å². The summed E-state index contributed by atoms with van der Waals surface area (Å²) in [6.07, 6.45) is 2.20. The van der Waals surface area contributed by atoms with E-state index in [0.29, 0.717) is 12.0 Å². The molecule has 0 bridgehead atoms. The average molecular weight is 249 g/mol. The number of para-hydroxylation sites is 1. The third-order valence-electron chi connectivity index (χ3n) is 3.04. The highest BCUT2D eigenvalue weighted by atomic mass is 16.5. The van der Waals surface area contributed by atoms with Gasteiger partial charge in [-0.2, -0.15) is 0 Å². The molecule has 0 heterocycles. The zero-order valence-corrected chi connectivity index (χ0v) is 12.2. The van der Waals surface area contributed by atoms with Gasteiger partial charge in [-0.3, -0.25) is 0 Å². The van der Waals surface area contributed by atoms with Gasteiger partial charge >= 0.3 is 0 Å². The predicted molar refractivity (Wildman–Crippen MR) is 78.4 cm³/mol. The van der Waals surface area contributed by atoms with Gasteiger partial charge in [0.2, 0.25) is 0 Å². The monoisotopic (exact) mass is 249 g/mol. The van der Waals surface area contributed by atoms with E-state index >= 15 is 0 Å². The molecule has 1 aromatic rings. The van der Waals surface area contributed by atoms with Crippen LogP contribution in [-0.2, 0) is 0 Å². The zero-order valence-electron chi connectivity index (χ0n) is 12.2. The second kappa shape index (κ2) is 8.15. The van der Waals surface area contributed by atoms with Crippen molar-refractivity contribution in [1.29, 1.82) is 0 Å². The summed E-state index contributed by atoms with van der Waals surface area (Å²) < 4.78 is 5.81. The fraction of sp³-hybridized carbons (Fsp3) is 0.625. The molecule has 0 saturated carbocycles. The summed E-state index contributed by atoms with van der Waals surface area (Å²) >= 11 is 0. The Balaban J connectivity index is 2.57. The van der Waals surface area contributed by atoms with E-state index in [2.05, 4.69) is 51.2 Å². The lowest BCUT2D eigenvalue weighted by atomic mass is 9.97. The maximum absolute atomic E-state index is 5.81. The Labute approximate surface area is 112 Å². The standard InChI is InChI=1S/C16H27NO/c1-5-12-18-16-9-7-6-8-15(16)14(4)10-11-17-13(2)3/h6-9,13-14,17H,5,10-12H2,1-4H3. The average Bonchev–Trinajstić information content (AvgIpc) is 2.36. The molecule has 102 valence electrons. The molecule has 1 rings (SSSR count). The van der Waals surface area contributed by atoms with E-state index in [1.807, 2.05) is 6.07 Å². The quantitative estimate of drug-likeness (QED) is 0.753. The van der Waals surface area contributed by atoms with Gasteiger partial charge < -0.3 is 10.1 Å². The largest absolute Gasteiger partial charge is 0.493 e. The highest BCUT2D eigenvalue weighted by molar-refractivity contribution is 5.35.